The fraction of sp³-hybridized carbons (Fsp3) is 0.200. The Balaban J connectivity index is 1.80. The third kappa shape index (κ3) is 3.22. The molecule has 2 heteroatoms. The van der Waals surface area contributed by atoms with Crippen molar-refractivity contribution in [2.75, 3.05) is 0 Å². The predicted molar refractivity (Wildman–Crippen MR) is 90.9 cm³/mol. The maximum atomic E-state index is 4.50. The van der Waals surface area contributed by atoms with Gasteiger partial charge in [0, 0.05) is 12.6 Å². The number of aryl methyl sites for hydroxylation is 3. The molecule has 0 aliphatic rings. The summed E-state index contributed by atoms with van der Waals surface area (Å²) in [6.07, 6.45) is 2.66. The maximum Gasteiger partial charge on any atom is 0.0659 e. The van der Waals surface area contributed by atoms with E-state index in [4.69, 9.17) is 0 Å². The van der Waals surface area contributed by atoms with E-state index in [2.05, 4.69) is 65.4 Å². The standard InChI is InChI=1S/C20H20N2/c1-14-4-8-18(9-5-14)19-10-6-17(7-11-19)12-20-16(3)22-15(2)13-21-20/h4-11,13H,12H2,1-3H3. The van der Waals surface area contributed by atoms with Crippen molar-refractivity contribution in [3.63, 3.8) is 0 Å². The van der Waals surface area contributed by atoms with Crippen molar-refractivity contribution in [3.05, 3.63) is 82.9 Å². The molecule has 0 amide bonds. The second-order valence-electron chi connectivity index (χ2n) is 5.78. The van der Waals surface area contributed by atoms with E-state index >= 15 is 0 Å². The Morgan fingerprint density at radius 1 is 0.773 bits per heavy atom. The summed E-state index contributed by atoms with van der Waals surface area (Å²) < 4.78 is 0. The summed E-state index contributed by atoms with van der Waals surface area (Å²) in [4.78, 5) is 8.98. The molecule has 22 heavy (non-hydrogen) atoms. The van der Waals surface area contributed by atoms with Crippen LogP contribution >= 0.6 is 0 Å². The molecule has 110 valence electrons. The lowest BCUT2D eigenvalue weighted by atomic mass is 10.0. The van der Waals surface area contributed by atoms with Crippen molar-refractivity contribution >= 4 is 0 Å². The molecular weight excluding hydrogens is 268 g/mol. The maximum absolute atomic E-state index is 4.50. The van der Waals surface area contributed by atoms with Gasteiger partial charge in [-0.25, -0.2) is 0 Å². The molecule has 0 saturated heterocycles. The Kier molecular flexibility index (Phi) is 4.01. The van der Waals surface area contributed by atoms with E-state index in [1.807, 2.05) is 20.0 Å². The van der Waals surface area contributed by atoms with E-state index in [1.54, 1.807) is 0 Å². The van der Waals surface area contributed by atoms with Crippen molar-refractivity contribution in [2.24, 2.45) is 0 Å². The van der Waals surface area contributed by atoms with E-state index in [-0.39, 0.29) is 0 Å². The number of benzene rings is 2. The topological polar surface area (TPSA) is 25.8 Å². The van der Waals surface area contributed by atoms with Crippen LogP contribution in [0.3, 0.4) is 0 Å². The third-order valence-electron chi connectivity index (χ3n) is 3.88. The van der Waals surface area contributed by atoms with Crippen molar-refractivity contribution in [3.8, 4) is 11.1 Å². The number of rotatable bonds is 3. The van der Waals surface area contributed by atoms with Gasteiger partial charge < -0.3 is 0 Å². The predicted octanol–water partition coefficient (Wildman–Crippen LogP) is 4.66. The molecule has 2 nitrogen and oxygen atoms in total. The second kappa shape index (κ2) is 6.10. The van der Waals surface area contributed by atoms with Gasteiger partial charge in [-0.3, -0.25) is 9.97 Å². The highest BCUT2D eigenvalue weighted by atomic mass is 14.8. The molecule has 0 N–H and O–H groups in total. The van der Waals surface area contributed by atoms with Gasteiger partial charge in [0.05, 0.1) is 17.1 Å². The normalized spacial score (nSPS) is 10.7. The minimum atomic E-state index is 0.827. The summed E-state index contributed by atoms with van der Waals surface area (Å²) in [6.45, 7) is 6.11. The van der Waals surface area contributed by atoms with Crippen molar-refractivity contribution in [1.82, 2.24) is 9.97 Å². The molecule has 0 spiro atoms. The Labute approximate surface area is 131 Å². The third-order valence-corrected chi connectivity index (χ3v) is 3.88. The summed E-state index contributed by atoms with van der Waals surface area (Å²) in [5, 5.41) is 0. The van der Waals surface area contributed by atoms with Gasteiger partial charge in [-0.05, 0) is 37.5 Å². The number of hydrogen-bond acceptors (Lipinski definition) is 2. The van der Waals surface area contributed by atoms with Gasteiger partial charge in [-0.2, -0.15) is 0 Å². The summed E-state index contributed by atoms with van der Waals surface area (Å²) in [5.41, 5.74) is 8.08. The first-order chi connectivity index (χ1) is 10.6. The smallest absolute Gasteiger partial charge is 0.0659 e. The molecule has 0 radical (unpaired) electrons. The SMILES string of the molecule is Cc1ccc(-c2ccc(Cc3ncc(C)nc3C)cc2)cc1. The minimum absolute atomic E-state index is 0.827. The molecular formula is C20H20N2. The zero-order chi connectivity index (χ0) is 15.5. The molecule has 1 heterocycles. The van der Waals surface area contributed by atoms with Crippen LogP contribution in [0, 0.1) is 20.8 Å². The summed E-state index contributed by atoms with van der Waals surface area (Å²) in [5.74, 6) is 0. The van der Waals surface area contributed by atoms with Crippen molar-refractivity contribution < 1.29 is 0 Å². The average Bonchev–Trinajstić information content (AvgIpc) is 2.52. The van der Waals surface area contributed by atoms with Crippen molar-refractivity contribution in [1.29, 1.82) is 0 Å². The highest BCUT2D eigenvalue weighted by Crippen LogP contribution is 2.21. The first-order valence-corrected chi connectivity index (χ1v) is 7.57. The van der Waals surface area contributed by atoms with Gasteiger partial charge in [-0.1, -0.05) is 54.1 Å². The lowest BCUT2D eigenvalue weighted by Crippen LogP contribution is -1.99. The fourth-order valence-corrected chi connectivity index (χ4v) is 2.55. The molecule has 0 aliphatic heterocycles. The highest BCUT2D eigenvalue weighted by Gasteiger charge is 2.04. The summed E-state index contributed by atoms with van der Waals surface area (Å²) in [7, 11) is 0. The Bertz CT molecular complexity index is 772. The van der Waals surface area contributed by atoms with E-state index in [1.165, 1.54) is 22.3 Å². The van der Waals surface area contributed by atoms with Crippen LogP contribution in [0.4, 0.5) is 0 Å². The van der Waals surface area contributed by atoms with Crippen LogP contribution in [0.5, 0.6) is 0 Å². The number of aromatic nitrogens is 2. The van der Waals surface area contributed by atoms with Gasteiger partial charge in [0.25, 0.3) is 0 Å². The van der Waals surface area contributed by atoms with E-state index in [0.29, 0.717) is 0 Å². The molecule has 3 aromatic rings. The van der Waals surface area contributed by atoms with Crippen LogP contribution in [0.2, 0.25) is 0 Å². The van der Waals surface area contributed by atoms with Crippen LogP contribution < -0.4 is 0 Å². The largest absolute Gasteiger partial charge is 0.257 e. The summed E-state index contributed by atoms with van der Waals surface area (Å²) in [6, 6.07) is 17.3. The van der Waals surface area contributed by atoms with E-state index in [0.717, 1.165) is 23.5 Å². The number of nitrogens with zero attached hydrogens (tertiary/aromatic N) is 2. The quantitative estimate of drug-likeness (QED) is 0.700. The van der Waals surface area contributed by atoms with E-state index in [9.17, 15) is 0 Å². The molecule has 0 atom stereocenters. The van der Waals surface area contributed by atoms with Crippen LogP contribution in [-0.4, -0.2) is 9.97 Å². The fourth-order valence-electron chi connectivity index (χ4n) is 2.55. The average molecular weight is 288 g/mol. The van der Waals surface area contributed by atoms with Gasteiger partial charge in [0.2, 0.25) is 0 Å². The highest BCUT2D eigenvalue weighted by molar-refractivity contribution is 5.64. The molecule has 0 saturated carbocycles. The summed E-state index contributed by atoms with van der Waals surface area (Å²) >= 11 is 0. The van der Waals surface area contributed by atoms with Crippen LogP contribution in [0.25, 0.3) is 11.1 Å². The monoisotopic (exact) mass is 288 g/mol. The molecule has 2 aromatic carbocycles. The van der Waals surface area contributed by atoms with Crippen LogP contribution in [0.1, 0.15) is 28.2 Å². The minimum Gasteiger partial charge on any atom is -0.257 e. The van der Waals surface area contributed by atoms with Crippen LogP contribution in [0.15, 0.2) is 54.7 Å². The molecule has 0 fully saturated rings. The van der Waals surface area contributed by atoms with Gasteiger partial charge >= 0.3 is 0 Å². The first kappa shape index (κ1) is 14.5. The van der Waals surface area contributed by atoms with Gasteiger partial charge in [-0.15, -0.1) is 0 Å². The van der Waals surface area contributed by atoms with Gasteiger partial charge in [0.15, 0.2) is 0 Å². The molecule has 0 unspecified atom stereocenters. The first-order valence-electron chi connectivity index (χ1n) is 7.57. The lowest BCUT2D eigenvalue weighted by molar-refractivity contribution is 0.954. The zero-order valence-corrected chi connectivity index (χ0v) is 13.3. The zero-order valence-electron chi connectivity index (χ0n) is 13.3. The second-order valence-corrected chi connectivity index (χ2v) is 5.78. The van der Waals surface area contributed by atoms with E-state index < -0.39 is 0 Å². The van der Waals surface area contributed by atoms with Crippen molar-refractivity contribution in [2.45, 2.75) is 27.2 Å². The molecule has 0 bridgehead atoms. The lowest BCUT2D eigenvalue weighted by Gasteiger charge is -2.07. The molecule has 0 aliphatic carbocycles. The molecule has 1 aromatic heterocycles. The Hall–Kier alpha value is -2.48. The number of hydrogen-bond donors (Lipinski definition) is 0. The molecule has 3 rings (SSSR count). The Morgan fingerprint density at radius 3 is 1.95 bits per heavy atom. The van der Waals surface area contributed by atoms with Gasteiger partial charge in [0.1, 0.15) is 0 Å². The Morgan fingerprint density at radius 2 is 1.36 bits per heavy atom. The van der Waals surface area contributed by atoms with Crippen LogP contribution in [-0.2, 0) is 6.42 Å².